The van der Waals surface area contributed by atoms with Crippen molar-refractivity contribution in [3.8, 4) is 0 Å². The van der Waals surface area contributed by atoms with Gasteiger partial charge < -0.3 is 14.9 Å². The number of hydrogen-bond acceptors (Lipinski definition) is 3. The zero-order valence-corrected chi connectivity index (χ0v) is 19.0. The highest BCUT2D eigenvalue weighted by molar-refractivity contribution is 5.15. The molecule has 5 rings (SSSR count). The minimum atomic E-state index is -0.583. The standard InChI is InChI=1S/C26H44O3/c1-4-29-16-25(28)13-14-26(18-5-6-18)19(15-25)7-8-20-22-10-9-21(17(2)27)24(22,3)12-11-23(20)26/h17-23,27-28H,4-16H2,1-3H3/t17?,19-,20+,21-,22+,23+,24-,25-,26-/m1/s1. The van der Waals surface area contributed by atoms with Crippen LogP contribution in [0.4, 0.5) is 0 Å². The van der Waals surface area contributed by atoms with Crippen molar-refractivity contribution in [3.05, 3.63) is 0 Å². The van der Waals surface area contributed by atoms with Crippen molar-refractivity contribution in [1.82, 2.24) is 0 Å². The number of aliphatic hydroxyl groups is 2. The molecule has 3 heteroatoms. The molecule has 0 aliphatic heterocycles. The van der Waals surface area contributed by atoms with Crippen LogP contribution in [0.15, 0.2) is 0 Å². The fourth-order valence-corrected chi connectivity index (χ4v) is 9.73. The Bertz CT molecular complexity index is 615. The average Bonchev–Trinajstić information content (AvgIpc) is 3.47. The molecule has 0 bridgehead atoms. The fraction of sp³-hybridized carbons (Fsp3) is 1.00. The summed E-state index contributed by atoms with van der Waals surface area (Å²) < 4.78 is 5.70. The Kier molecular flexibility index (Phi) is 5.16. The van der Waals surface area contributed by atoms with Crippen LogP contribution in [0.1, 0.15) is 91.4 Å². The summed E-state index contributed by atoms with van der Waals surface area (Å²) in [6.07, 6.45) is 13.8. The van der Waals surface area contributed by atoms with Gasteiger partial charge in [0.1, 0.15) is 0 Å². The summed E-state index contributed by atoms with van der Waals surface area (Å²) in [6.45, 7) is 7.83. The van der Waals surface area contributed by atoms with Gasteiger partial charge >= 0.3 is 0 Å². The lowest BCUT2D eigenvalue weighted by atomic mass is 9.42. The molecule has 29 heavy (non-hydrogen) atoms. The van der Waals surface area contributed by atoms with Gasteiger partial charge in [-0.3, -0.25) is 0 Å². The van der Waals surface area contributed by atoms with E-state index < -0.39 is 5.60 Å². The molecule has 0 aromatic heterocycles. The number of rotatable bonds is 5. The molecule has 2 N–H and O–H groups in total. The first kappa shape index (κ1) is 20.8. The Morgan fingerprint density at radius 3 is 2.38 bits per heavy atom. The molecular weight excluding hydrogens is 360 g/mol. The SMILES string of the molecule is CCOC[C@@]1(O)CC[C@@]2(C3CC3)[C@H](CC[C@H]3[C@@H]4CC[C@H](C(C)O)[C@@]4(C)CC[C@@H]32)C1. The largest absolute Gasteiger partial charge is 0.393 e. The quantitative estimate of drug-likeness (QED) is 0.663. The van der Waals surface area contributed by atoms with Gasteiger partial charge in [-0.2, -0.15) is 0 Å². The number of fused-ring (bicyclic) bond motifs is 5. The number of ether oxygens (including phenoxy) is 1. The second-order valence-electron chi connectivity index (χ2n) is 12.1. The van der Waals surface area contributed by atoms with Gasteiger partial charge in [0.2, 0.25) is 0 Å². The first-order valence-corrected chi connectivity index (χ1v) is 12.8. The predicted molar refractivity (Wildman–Crippen MR) is 115 cm³/mol. The van der Waals surface area contributed by atoms with Crippen LogP contribution >= 0.6 is 0 Å². The average molecular weight is 405 g/mol. The maximum absolute atomic E-state index is 11.3. The van der Waals surface area contributed by atoms with E-state index in [4.69, 9.17) is 4.74 Å². The Morgan fingerprint density at radius 2 is 1.69 bits per heavy atom. The third kappa shape index (κ3) is 3.08. The smallest absolute Gasteiger partial charge is 0.0883 e. The van der Waals surface area contributed by atoms with E-state index in [0.717, 1.165) is 36.5 Å². The fourth-order valence-electron chi connectivity index (χ4n) is 9.73. The van der Waals surface area contributed by atoms with Crippen LogP contribution in [0, 0.1) is 46.3 Å². The molecule has 1 unspecified atom stereocenters. The summed E-state index contributed by atoms with van der Waals surface area (Å²) in [5, 5.41) is 21.8. The third-order valence-corrected chi connectivity index (χ3v) is 11.0. The van der Waals surface area contributed by atoms with Gasteiger partial charge in [-0.25, -0.2) is 0 Å². The molecule has 3 nitrogen and oxygen atoms in total. The van der Waals surface area contributed by atoms with E-state index in [1.807, 2.05) is 13.8 Å². The van der Waals surface area contributed by atoms with Crippen molar-refractivity contribution < 1.29 is 14.9 Å². The van der Waals surface area contributed by atoms with Crippen molar-refractivity contribution >= 4 is 0 Å². The molecule has 0 radical (unpaired) electrons. The van der Waals surface area contributed by atoms with Crippen LogP contribution in [-0.2, 0) is 4.74 Å². The van der Waals surface area contributed by atoms with E-state index >= 15 is 0 Å². The molecule has 0 aromatic rings. The monoisotopic (exact) mass is 404 g/mol. The molecule has 0 saturated heterocycles. The van der Waals surface area contributed by atoms with Crippen LogP contribution in [0.25, 0.3) is 0 Å². The first-order chi connectivity index (χ1) is 13.8. The van der Waals surface area contributed by atoms with Crippen molar-refractivity contribution in [2.24, 2.45) is 46.3 Å². The lowest BCUT2D eigenvalue weighted by molar-refractivity contribution is -0.181. The van der Waals surface area contributed by atoms with Crippen molar-refractivity contribution in [2.75, 3.05) is 13.2 Å². The van der Waals surface area contributed by atoms with Crippen molar-refractivity contribution in [3.63, 3.8) is 0 Å². The first-order valence-electron chi connectivity index (χ1n) is 12.8. The summed E-state index contributed by atoms with van der Waals surface area (Å²) >= 11 is 0. The Hall–Kier alpha value is -0.120. The molecule has 166 valence electrons. The zero-order valence-electron chi connectivity index (χ0n) is 19.0. The minimum absolute atomic E-state index is 0.154. The van der Waals surface area contributed by atoms with Gasteiger partial charge in [0, 0.05) is 6.61 Å². The van der Waals surface area contributed by atoms with Crippen LogP contribution in [0.5, 0.6) is 0 Å². The minimum Gasteiger partial charge on any atom is -0.393 e. The summed E-state index contributed by atoms with van der Waals surface area (Å²) in [6, 6.07) is 0. The van der Waals surface area contributed by atoms with E-state index in [1.54, 1.807) is 0 Å². The van der Waals surface area contributed by atoms with Crippen LogP contribution in [0.3, 0.4) is 0 Å². The number of hydrogen-bond donors (Lipinski definition) is 2. The Balaban J connectivity index is 1.41. The maximum atomic E-state index is 11.3. The molecule has 0 aromatic carbocycles. The van der Waals surface area contributed by atoms with Crippen molar-refractivity contribution in [2.45, 2.75) is 103 Å². The molecule has 5 aliphatic rings. The molecule has 5 saturated carbocycles. The van der Waals surface area contributed by atoms with Crippen LogP contribution in [0.2, 0.25) is 0 Å². The summed E-state index contributed by atoms with van der Waals surface area (Å²) in [5.74, 6) is 4.69. The van der Waals surface area contributed by atoms with Gasteiger partial charge in [-0.05, 0) is 131 Å². The van der Waals surface area contributed by atoms with Crippen molar-refractivity contribution in [1.29, 1.82) is 0 Å². The molecule has 5 aliphatic carbocycles. The van der Waals surface area contributed by atoms with Gasteiger partial charge in [0.25, 0.3) is 0 Å². The molecule has 0 amide bonds. The molecule has 5 fully saturated rings. The van der Waals surface area contributed by atoms with Gasteiger partial charge in [0.15, 0.2) is 0 Å². The highest BCUT2D eigenvalue weighted by atomic mass is 16.5. The predicted octanol–water partition coefficient (Wildman–Crippen LogP) is 5.18. The van der Waals surface area contributed by atoms with Gasteiger partial charge in [-0.1, -0.05) is 6.92 Å². The second-order valence-corrected chi connectivity index (χ2v) is 12.1. The summed E-state index contributed by atoms with van der Waals surface area (Å²) in [7, 11) is 0. The normalized spacial score (nSPS) is 53.1. The molecule has 9 atom stereocenters. The van der Waals surface area contributed by atoms with E-state index in [0.29, 0.717) is 35.9 Å². The highest BCUT2D eigenvalue weighted by Crippen LogP contribution is 2.72. The Labute approximate surface area is 178 Å². The van der Waals surface area contributed by atoms with E-state index in [9.17, 15) is 10.2 Å². The van der Waals surface area contributed by atoms with Crippen LogP contribution < -0.4 is 0 Å². The van der Waals surface area contributed by atoms with Crippen LogP contribution in [-0.4, -0.2) is 35.1 Å². The van der Waals surface area contributed by atoms with E-state index in [-0.39, 0.29) is 6.10 Å². The molecule has 0 spiro atoms. The summed E-state index contributed by atoms with van der Waals surface area (Å²) in [5.41, 5.74) is 0.281. The molecule has 0 heterocycles. The topological polar surface area (TPSA) is 49.7 Å². The highest BCUT2D eigenvalue weighted by Gasteiger charge is 2.66. The van der Waals surface area contributed by atoms with E-state index in [2.05, 4.69) is 6.92 Å². The second kappa shape index (κ2) is 7.20. The number of aliphatic hydroxyl groups excluding tert-OH is 1. The van der Waals surface area contributed by atoms with Gasteiger partial charge in [-0.15, -0.1) is 0 Å². The maximum Gasteiger partial charge on any atom is 0.0883 e. The molecular formula is C26H44O3. The van der Waals surface area contributed by atoms with Gasteiger partial charge in [0.05, 0.1) is 18.3 Å². The summed E-state index contributed by atoms with van der Waals surface area (Å²) in [4.78, 5) is 0. The van der Waals surface area contributed by atoms with E-state index in [1.165, 1.54) is 57.8 Å². The zero-order chi connectivity index (χ0) is 20.4. The Morgan fingerprint density at radius 1 is 0.931 bits per heavy atom. The lowest BCUT2D eigenvalue weighted by Gasteiger charge is -2.63. The third-order valence-electron chi connectivity index (χ3n) is 11.0. The lowest BCUT2D eigenvalue weighted by Crippen LogP contribution is -2.59.